The van der Waals surface area contributed by atoms with Gasteiger partial charge in [0.2, 0.25) is 15.9 Å². The fourth-order valence-corrected chi connectivity index (χ4v) is 5.10. The minimum Gasteiger partial charge on any atom is -0.481 e. The van der Waals surface area contributed by atoms with E-state index in [4.69, 9.17) is 9.88 Å². The lowest BCUT2D eigenvalue weighted by Gasteiger charge is -2.36. The van der Waals surface area contributed by atoms with Crippen molar-refractivity contribution in [1.29, 1.82) is 0 Å². The Morgan fingerprint density at radius 2 is 1.76 bits per heavy atom. The quantitative estimate of drug-likeness (QED) is 0.338. The highest BCUT2D eigenvalue weighted by Gasteiger charge is 2.32. The summed E-state index contributed by atoms with van der Waals surface area (Å²) in [5, 5.41) is 28.8. The summed E-state index contributed by atoms with van der Waals surface area (Å²) in [6.45, 7) is 2.41. The molecule has 2 aromatic carbocycles. The molecule has 0 amide bonds. The zero-order valence-electron chi connectivity index (χ0n) is 19.8. The number of rotatable bonds is 8. The molecule has 0 bridgehead atoms. The molecule has 1 fully saturated rings. The van der Waals surface area contributed by atoms with Crippen LogP contribution in [0.1, 0.15) is 5.56 Å². The van der Waals surface area contributed by atoms with Crippen molar-refractivity contribution >= 4 is 27.1 Å². The zero-order valence-corrected chi connectivity index (χ0v) is 20.6. The third kappa shape index (κ3) is 5.66. The first-order valence-electron chi connectivity index (χ1n) is 11.1. The monoisotopic (exact) mass is 528 g/mol. The second-order valence-electron chi connectivity index (χ2n) is 8.39. The molecule has 0 spiro atoms. The van der Waals surface area contributed by atoms with Gasteiger partial charge in [0.1, 0.15) is 5.69 Å². The van der Waals surface area contributed by atoms with Gasteiger partial charge in [-0.3, -0.25) is 25.1 Å². The summed E-state index contributed by atoms with van der Waals surface area (Å²) >= 11 is 0. The maximum Gasteiger partial charge on any atom is 0.301 e. The van der Waals surface area contributed by atoms with Gasteiger partial charge in [-0.1, -0.05) is 12.1 Å². The first-order valence-corrected chi connectivity index (χ1v) is 12.7. The number of nitrogens with zero attached hydrogens (tertiary/aromatic N) is 5. The molecular formula is C23H24N6O7S. The van der Waals surface area contributed by atoms with Crippen molar-refractivity contribution in [3.8, 4) is 17.0 Å². The Morgan fingerprint density at radius 1 is 1.03 bits per heavy atom. The Hall–Kier alpha value is -4.14. The van der Waals surface area contributed by atoms with E-state index in [0.29, 0.717) is 32.7 Å². The van der Waals surface area contributed by atoms with Crippen LogP contribution in [-0.4, -0.2) is 61.4 Å². The van der Waals surface area contributed by atoms with Crippen LogP contribution >= 0.6 is 0 Å². The van der Waals surface area contributed by atoms with Crippen molar-refractivity contribution in [1.82, 2.24) is 9.88 Å². The minimum absolute atomic E-state index is 0.0160. The van der Waals surface area contributed by atoms with Gasteiger partial charge in [-0.2, -0.15) is 0 Å². The highest BCUT2D eigenvalue weighted by molar-refractivity contribution is 7.89. The number of hydrogen-bond donors (Lipinski definition) is 1. The number of primary sulfonamides is 1. The maximum absolute atomic E-state index is 12.3. The molecule has 2 N–H and O–H groups in total. The number of piperazine rings is 1. The molecule has 0 unspecified atom stereocenters. The number of aromatic nitrogens is 1. The van der Waals surface area contributed by atoms with Crippen molar-refractivity contribution in [2.24, 2.45) is 5.14 Å². The van der Waals surface area contributed by atoms with Crippen molar-refractivity contribution in [3.05, 3.63) is 80.5 Å². The van der Waals surface area contributed by atoms with E-state index < -0.39 is 19.9 Å². The number of methoxy groups -OCH3 is 1. The van der Waals surface area contributed by atoms with Crippen molar-refractivity contribution in [2.45, 2.75) is 11.4 Å². The van der Waals surface area contributed by atoms with Crippen LogP contribution < -0.4 is 14.8 Å². The molecule has 14 heteroatoms. The molecule has 2 heterocycles. The van der Waals surface area contributed by atoms with Crippen LogP contribution in [0.3, 0.4) is 0 Å². The number of anilines is 1. The summed E-state index contributed by atoms with van der Waals surface area (Å²) in [6.07, 6.45) is 1.30. The van der Waals surface area contributed by atoms with E-state index in [1.807, 2.05) is 11.0 Å². The van der Waals surface area contributed by atoms with E-state index >= 15 is 0 Å². The standard InChI is InChI=1S/C23H24N6O7S/c1-36-21-8-5-17(14-25-21)22-20(37(24,34)35)7-6-19(23(22)29(32)33)27-11-9-26(10-12-27)15-16-3-2-4-18(13-16)28(30)31/h2-8,13-14H,9-12,15H2,1H3,(H2,24,34,35). The third-order valence-corrected chi connectivity index (χ3v) is 7.04. The largest absolute Gasteiger partial charge is 0.481 e. The SMILES string of the molecule is COc1ccc(-c2c(S(N)(=O)=O)ccc(N3CCN(Cc4cccc([N+](=O)[O-])c4)CC3)c2[N+](=O)[O-])cn1. The number of nitrogens with two attached hydrogens (primary N) is 1. The highest BCUT2D eigenvalue weighted by atomic mass is 32.2. The molecule has 4 rings (SSSR count). The van der Waals surface area contributed by atoms with E-state index in [1.165, 1.54) is 49.7 Å². The van der Waals surface area contributed by atoms with Gasteiger partial charge in [-0.25, -0.2) is 18.5 Å². The number of ether oxygens (including phenoxy) is 1. The lowest BCUT2D eigenvalue weighted by Crippen LogP contribution is -2.46. The summed E-state index contributed by atoms with van der Waals surface area (Å²) in [7, 11) is -2.88. The molecule has 0 aliphatic carbocycles. The second kappa shape index (κ2) is 10.5. The molecule has 1 aliphatic rings. The smallest absolute Gasteiger partial charge is 0.301 e. The van der Waals surface area contributed by atoms with Crippen molar-refractivity contribution in [2.75, 3.05) is 38.2 Å². The Labute approximate surface area is 212 Å². The van der Waals surface area contributed by atoms with Gasteiger partial charge < -0.3 is 9.64 Å². The van der Waals surface area contributed by atoms with Gasteiger partial charge in [-0.15, -0.1) is 0 Å². The van der Waals surface area contributed by atoms with Crippen LogP contribution in [0.4, 0.5) is 17.1 Å². The molecule has 0 atom stereocenters. The number of nitro groups is 2. The second-order valence-corrected chi connectivity index (χ2v) is 9.92. The molecule has 194 valence electrons. The van der Waals surface area contributed by atoms with E-state index in [1.54, 1.807) is 6.07 Å². The molecule has 1 saturated heterocycles. The van der Waals surface area contributed by atoms with Crippen molar-refractivity contribution < 1.29 is 23.0 Å². The Balaban J connectivity index is 1.65. The highest BCUT2D eigenvalue weighted by Crippen LogP contribution is 2.42. The molecule has 1 aliphatic heterocycles. The first kappa shape index (κ1) is 25.9. The topological polar surface area (TPSA) is 175 Å². The predicted molar refractivity (Wildman–Crippen MR) is 135 cm³/mol. The summed E-state index contributed by atoms with van der Waals surface area (Å²) in [5.41, 5.74) is 0.758. The van der Waals surface area contributed by atoms with Gasteiger partial charge in [0.25, 0.3) is 5.69 Å². The number of sulfonamides is 1. The molecule has 1 aromatic heterocycles. The van der Waals surface area contributed by atoms with E-state index in [-0.39, 0.29) is 39.0 Å². The van der Waals surface area contributed by atoms with E-state index in [9.17, 15) is 28.6 Å². The van der Waals surface area contributed by atoms with Gasteiger partial charge in [0, 0.05) is 62.7 Å². The fourth-order valence-electron chi connectivity index (χ4n) is 4.34. The average molecular weight is 529 g/mol. The first-order chi connectivity index (χ1) is 17.6. The average Bonchev–Trinajstić information content (AvgIpc) is 2.88. The lowest BCUT2D eigenvalue weighted by atomic mass is 10.0. The number of pyridine rings is 1. The number of nitro benzene ring substituents is 2. The molecule has 37 heavy (non-hydrogen) atoms. The summed E-state index contributed by atoms with van der Waals surface area (Å²) in [5.74, 6) is 0.264. The number of non-ortho nitro benzene ring substituents is 1. The van der Waals surface area contributed by atoms with Gasteiger partial charge in [-0.05, 0) is 23.8 Å². The van der Waals surface area contributed by atoms with Gasteiger partial charge in [0.15, 0.2) is 0 Å². The summed E-state index contributed by atoms with van der Waals surface area (Å²) < 4.78 is 29.7. The van der Waals surface area contributed by atoms with Crippen LogP contribution in [0.15, 0.2) is 59.6 Å². The van der Waals surface area contributed by atoms with Crippen LogP contribution in [-0.2, 0) is 16.6 Å². The third-order valence-electron chi connectivity index (χ3n) is 6.08. The normalized spacial score (nSPS) is 14.4. The maximum atomic E-state index is 12.3. The van der Waals surface area contributed by atoms with E-state index in [2.05, 4.69) is 9.88 Å². The summed E-state index contributed by atoms with van der Waals surface area (Å²) in [6, 6.07) is 12.0. The molecule has 13 nitrogen and oxygen atoms in total. The van der Waals surface area contributed by atoms with Crippen LogP contribution in [0.25, 0.3) is 11.1 Å². The van der Waals surface area contributed by atoms with Crippen molar-refractivity contribution in [3.63, 3.8) is 0 Å². The van der Waals surface area contributed by atoms with Gasteiger partial charge >= 0.3 is 5.69 Å². The number of hydrogen-bond acceptors (Lipinski definition) is 10. The Morgan fingerprint density at radius 3 is 2.32 bits per heavy atom. The van der Waals surface area contributed by atoms with Crippen LogP contribution in [0.5, 0.6) is 5.88 Å². The molecular weight excluding hydrogens is 504 g/mol. The van der Waals surface area contributed by atoms with Crippen LogP contribution in [0, 0.1) is 20.2 Å². The Bertz CT molecular complexity index is 1440. The fraction of sp³-hybridized carbons (Fsp3) is 0.261. The predicted octanol–water partition coefficient (Wildman–Crippen LogP) is 2.54. The Kier molecular flexibility index (Phi) is 7.33. The number of benzene rings is 2. The van der Waals surface area contributed by atoms with E-state index in [0.717, 1.165) is 5.56 Å². The molecule has 3 aromatic rings. The minimum atomic E-state index is -4.29. The zero-order chi connectivity index (χ0) is 26.7. The molecule has 0 radical (unpaired) electrons. The van der Waals surface area contributed by atoms with Crippen LogP contribution in [0.2, 0.25) is 0 Å². The lowest BCUT2D eigenvalue weighted by molar-refractivity contribution is -0.385. The molecule has 0 saturated carbocycles. The summed E-state index contributed by atoms with van der Waals surface area (Å²) in [4.78, 5) is 29.9. The van der Waals surface area contributed by atoms with Gasteiger partial charge in [0.05, 0.1) is 27.4 Å².